The third-order valence-corrected chi connectivity index (χ3v) is 11.1. The molecule has 1 aliphatic heterocycles. The van der Waals surface area contributed by atoms with Crippen LogP contribution in [0.15, 0.2) is 59.1 Å². The maximum absolute atomic E-state index is 13.2. The van der Waals surface area contributed by atoms with Crippen molar-refractivity contribution < 1.29 is 36.8 Å². The van der Waals surface area contributed by atoms with E-state index in [1.807, 2.05) is 61.5 Å². The maximum atomic E-state index is 13.2. The van der Waals surface area contributed by atoms with Crippen LogP contribution in [0.1, 0.15) is 80.1 Å². The second kappa shape index (κ2) is 12.7. The Morgan fingerprint density at radius 3 is 2.28 bits per heavy atom. The molecule has 0 spiro atoms. The summed E-state index contributed by atoms with van der Waals surface area (Å²) in [6.07, 6.45) is 2.52. The first-order chi connectivity index (χ1) is 22.4. The Morgan fingerprint density at radius 2 is 1.68 bits per heavy atom. The summed E-state index contributed by atoms with van der Waals surface area (Å²) < 4.78 is 43.9. The summed E-state index contributed by atoms with van der Waals surface area (Å²) in [5.74, 6) is -0.873. The largest absolute Gasteiger partial charge is 0.469 e. The van der Waals surface area contributed by atoms with Gasteiger partial charge in [-0.1, -0.05) is 47.6 Å². The molecule has 1 saturated heterocycles. The predicted octanol–water partition coefficient (Wildman–Crippen LogP) is 5.11. The summed E-state index contributed by atoms with van der Waals surface area (Å²) >= 11 is 0. The molecule has 2 amide bonds. The molecule has 6 rings (SSSR count). The van der Waals surface area contributed by atoms with Gasteiger partial charge in [0.15, 0.2) is 5.76 Å². The number of ether oxygens (including phenoxy) is 2. The van der Waals surface area contributed by atoms with Gasteiger partial charge in [0.25, 0.3) is 0 Å². The molecule has 13 heteroatoms. The zero-order valence-electron chi connectivity index (χ0n) is 26.8. The molecular formula is C34H40N4O8S. The Balaban J connectivity index is 1.04. The van der Waals surface area contributed by atoms with Crippen LogP contribution in [0.2, 0.25) is 0 Å². The normalized spacial score (nSPS) is 18.9. The number of rotatable bonds is 11. The van der Waals surface area contributed by atoms with Crippen molar-refractivity contribution in [1.82, 2.24) is 9.88 Å². The number of carbonyl (C=O) groups is 3. The minimum absolute atomic E-state index is 0.0582. The van der Waals surface area contributed by atoms with Crippen LogP contribution < -0.4 is 14.9 Å². The minimum atomic E-state index is -4.01. The molecule has 2 aliphatic carbocycles. The average molecular weight is 665 g/mol. The van der Waals surface area contributed by atoms with Crippen LogP contribution in [0.25, 0.3) is 0 Å². The van der Waals surface area contributed by atoms with E-state index in [2.05, 4.69) is 20.1 Å². The highest BCUT2D eigenvalue weighted by Gasteiger charge is 2.56. The highest BCUT2D eigenvalue weighted by Crippen LogP contribution is 2.50. The molecule has 47 heavy (non-hydrogen) atoms. The molecule has 0 unspecified atom stereocenters. The fraction of sp³-hybridized carbons (Fsp3) is 0.471. The molecule has 3 aliphatic rings. The number of hydrogen-bond donors (Lipinski definition) is 2. The van der Waals surface area contributed by atoms with Crippen molar-refractivity contribution in [2.75, 3.05) is 36.2 Å². The van der Waals surface area contributed by atoms with Crippen molar-refractivity contribution in [3.8, 4) is 0 Å². The molecule has 0 bridgehead atoms. The summed E-state index contributed by atoms with van der Waals surface area (Å²) in [5.41, 5.74) is 1.84. The first-order valence-electron chi connectivity index (χ1n) is 15.9. The number of carbonyl (C=O) groups excluding carboxylic acids is 3. The molecular weight excluding hydrogens is 624 g/mol. The van der Waals surface area contributed by atoms with Gasteiger partial charge in [-0.25, -0.2) is 13.2 Å². The molecule has 12 nitrogen and oxygen atoms in total. The van der Waals surface area contributed by atoms with Crippen LogP contribution >= 0.6 is 0 Å². The van der Waals surface area contributed by atoms with E-state index in [0.29, 0.717) is 42.8 Å². The molecule has 2 N–H and O–H groups in total. The van der Waals surface area contributed by atoms with E-state index in [1.165, 1.54) is 7.11 Å². The average Bonchev–Trinajstić information content (AvgIpc) is 4.00. The van der Waals surface area contributed by atoms with Gasteiger partial charge in [-0.15, -0.1) is 0 Å². The topological polar surface area (TPSA) is 157 Å². The van der Waals surface area contributed by atoms with Crippen LogP contribution in [-0.4, -0.2) is 57.5 Å². The van der Waals surface area contributed by atoms with E-state index in [4.69, 9.17) is 14.0 Å². The number of benzene rings is 2. The molecule has 1 aromatic heterocycles. The van der Waals surface area contributed by atoms with Gasteiger partial charge in [0.1, 0.15) is 17.5 Å². The summed E-state index contributed by atoms with van der Waals surface area (Å²) in [4.78, 5) is 40.2. The van der Waals surface area contributed by atoms with Crippen LogP contribution in [-0.2, 0) is 34.5 Å². The smallest absolute Gasteiger partial charge is 0.412 e. The molecule has 2 aromatic carbocycles. The first-order valence-corrected chi connectivity index (χ1v) is 17.6. The lowest BCUT2D eigenvalue weighted by Gasteiger charge is -2.33. The number of esters is 1. The predicted molar refractivity (Wildman–Crippen MR) is 173 cm³/mol. The number of anilines is 2. The first kappa shape index (κ1) is 32.5. The number of piperidine rings is 1. The zero-order chi connectivity index (χ0) is 33.4. The van der Waals surface area contributed by atoms with E-state index in [9.17, 15) is 22.8 Å². The Hall–Kier alpha value is -4.39. The van der Waals surface area contributed by atoms with Gasteiger partial charge in [0, 0.05) is 24.7 Å². The zero-order valence-corrected chi connectivity index (χ0v) is 27.6. The van der Waals surface area contributed by atoms with Crippen molar-refractivity contribution in [3.05, 3.63) is 77.2 Å². The number of hydrogen-bond acceptors (Lipinski definition) is 10. The second-order valence-corrected chi connectivity index (χ2v) is 14.7. The van der Waals surface area contributed by atoms with E-state index in [0.717, 1.165) is 42.7 Å². The molecule has 2 saturated carbocycles. The van der Waals surface area contributed by atoms with Crippen molar-refractivity contribution in [1.29, 1.82) is 0 Å². The molecule has 3 aromatic rings. The van der Waals surface area contributed by atoms with Gasteiger partial charge >= 0.3 is 12.1 Å². The van der Waals surface area contributed by atoms with Crippen LogP contribution in [0.3, 0.4) is 0 Å². The summed E-state index contributed by atoms with van der Waals surface area (Å²) in [7, 11) is -2.78. The number of aromatic nitrogens is 1. The third-order valence-electron chi connectivity index (χ3n) is 9.69. The fourth-order valence-electron chi connectivity index (χ4n) is 6.48. The second-order valence-electron chi connectivity index (χ2n) is 12.9. The van der Waals surface area contributed by atoms with E-state index in [1.54, 1.807) is 6.92 Å². The summed E-state index contributed by atoms with van der Waals surface area (Å²) in [6.45, 7) is 5.09. The van der Waals surface area contributed by atoms with Gasteiger partial charge in [-0.05, 0) is 75.6 Å². The highest BCUT2D eigenvalue weighted by molar-refractivity contribution is 7.90. The number of aryl methyl sites for hydroxylation is 1. The monoisotopic (exact) mass is 664 g/mol. The van der Waals surface area contributed by atoms with Gasteiger partial charge in [-0.2, -0.15) is 0 Å². The van der Waals surface area contributed by atoms with Crippen molar-refractivity contribution in [2.45, 2.75) is 69.8 Å². The Labute approximate surface area is 274 Å². The van der Waals surface area contributed by atoms with Gasteiger partial charge in [0.2, 0.25) is 15.9 Å². The standard InChI is InChI=1S/C34H40N4O8S/c1-22-28(35-32(41)45-23(2)24-7-5-4-6-8-24)29(46-36-22)25-13-19-38(20-14-25)27-11-9-26(10-12-27)34(17-18-34)30(39)37-47(42,43)21-33(15-16-33)31(40)44-3/h4-12,23,25H,13-21H2,1-3H3,(H,35,41)(H,37,39)/t23-/m1/s1. The van der Waals surface area contributed by atoms with E-state index < -0.39 is 50.7 Å². The lowest BCUT2D eigenvalue weighted by molar-refractivity contribution is -0.146. The molecule has 1 atom stereocenters. The quantitative estimate of drug-likeness (QED) is 0.264. The van der Waals surface area contributed by atoms with Crippen molar-refractivity contribution in [2.24, 2.45) is 5.41 Å². The third kappa shape index (κ3) is 6.85. The number of nitrogens with zero attached hydrogens (tertiary/aromatic N) is 2. The SMILES string of the molecule is COC(=O)C1(CS(=O)(=O)NC(=O)C2(c3ccc(N4CCC(c5onc(C)c5NC(=O)O[C@H](C)c5ccccc5)CC4)cc3)CC2)CC1. The molecule has 0 radical (unpaired) electrons. The summed E-state index contributed by atoms with van der Waals surface area (Å²) in [5, 5.41) is 6.97. The van der Waals surface area contributed by atoms with Crippen molar-refractivity contribution >= 4 is 39.4 Å². The van der Waals surface area contributed by atoms with Gasteiger partial charge < -0.3 is 18.9 Å². The number of sulfonamides is 1. The van der Waals surface area contributed by atoms with Crippen LogP contribution in [0.5, 0.6) is 0 Å². The highest BCUT2D eigenvalue weighted by atomic mass is 32.2. The van der Waals surface area contributed by atoms with Gasteiger partial charge in [0.05, 0.1) is 23.7 Å². The Morgan fingerprint density at radius 1 is 1.02 bits per heavy atom. The molecule has 2 heterocycles. The molecule has 250 valence electrons. The molecule has 3 fully saturated rings. The lowest BCUT2D eigenvalue weighted by Crippen LogP contribution is -2.42. The number of methoxy groups -OCH3 is 1. The van der Waals surface area contributed by atoms with E-state index >= 15 is 0 Å². The lowest BCUT2D eigenvalue weighted by atomic mass is 9.92. The van der Waals surface area contributed by atoms with Crippen LogP contribution in [0, 0.1) is 12.3 Å². The van der Waals surface area contributed by atoms with Gasteiger partial charge in [-0.3, -0.25) is 19.6 Å². The Kier molecular flexibility index (Phi) is 8.77. The number of amides is 2. The minimum Gasteiger partial charge on any atom is -0.469 e. The van der Waals surface area contributed by atoms with E-state index in [-0.39, 0.29) is 5.92 Å². The summed E-state index contributed by atoms with van der Waals surface area (Å²) in [6, 6.07) is 17.2. The number of nitrogens with one attached hydrogen (secondary N) is 2. The van der Waals surface area contributed by atoms with Crippen LogP contribution in [0.4, 0.5) is 16.2 Å². The van der Waals surface area contributed by atoms with Crippen molar-refractivity contribution in [3.63, 3.8) is 0 Å². The Bertz CT molecular complexity index is 1740. The maximum Gasteiger partial charge on any atom is 0.412 e. The fourth-order valence-corrected chi connectivity index (χ4v) is 8.16.